The lowest BCUT2D eigenvalue weighted by Crippen LogP contribution is -2.20. The molecule has 7 heteroatoms. The molecule has 0 aliphatic rings. The Labute approximate surface area is 116 Å². The molecule has 1 heterocycles. The molecule has 6 nitrogen and oxygen atoms in total. The molecule has 0 saturated carbocycles. The van der Waals surface area contributed by atoms with Gasteiger partial charge in [0.15, 0.2) is 5.12 Å². The lowest BCUT2D eigenvalue weighted by Gasteiger charge is -2.18. The van der Waals surface area contributed by atoms with Gasteiger partial charge in [0.05, 0.1) is 6.10 Å². The summed E-state index contributed by atoms with van der Waals surface area (Å²) in [5.41, 5.74) is 0.464. The van der Waals surface area contributed by atoms with Gasteiger partial charge in [-0.3, -0.25) is 4.79 Å². The van der Waals surface area contributed by atoms with Crippen LogP contribution in [0.5, 0.6) is 0 Å². The molecule has 1 aromatic rings. The summed E-state index contributed by atoms with van der Waals surface area (Å²) in [5, 5.41) is 19.8. The Morgan fingerprint density at radius 1 is 1.37 bits per heavy atom. The highest BCUT2D eigenvalue weighted by Crippen LogP contribution is 2.20. The number of thioether (sulfide) groups is 1. The molecule has 0 saturated heterocycles. The van der Waals surface area contributed by atoms with Gasteiger partial charge in [-0.1, -0.05) is 11.8 Å². The van der Waals surface area contributed by atoms with E-state index in [1.165, 1.54) is 19.3 Å². The van der Waals surface area contributed by atoms with Crippen LogP contribution in [-0.2, 0) is 4.79 Å². The molecule has 2 unspecified atom stereocenters. The number of carbonyl (C=O) groups excluding carboxylic acids is 1. The van der Waals surface area contributed by atoms with Crippen molar-refractivity contribution >= 4 is 22.8 Å². The quantitative estimate of drug-likeness (QED) is 0.791. The summed E-state index contributed by atoms with van der Waals surface area (Å²) in [7, 11) is 3.64. The first-order valence-corrected chi connectivity index (χ1v) is 6.89. The molecule has 0 aromatic carbocycles. The van der Waals surface area contributed by atoms with E-state index in [2.05, 4.69) is 9.97 Å². The van der Waals surface area contributed by atoms with Crippen molar-refractivity contribution in [2.75, 3.05) is 24.7 Å². The smallest absolute Gasteiger partial charge is 0.224 e. The Kier molecular flexibility index (Phi) is 6.20. The summed E-state index contributed by atoms with van der Waals surface area (Å²) in [6, 6.07) is 0. The fraction of sp³-hybridized carbons (Fsp3) is 0.583. The maximum atomic E-state index is 10.8. The van der Waals surface area contributed by atoms with Crippen molar-refractivity contribution in [3.05, 3.63) is 18.0 Å². The number of nitrogens with zero attached hydrogens (tertiary/aromatic N) is 3. The summed E-state index contributed by atoms with van der Waals surface area (Å²) in [5.74, 6) is 1.02. The molecule has 0 aliphatic carbocycles. The maximum absolute atomic E-state index is 10.8. The van der Waals surface area contributed by atoms with Crippen molar-refractivity contribution < 1.29 is 15.0 Å². The summed E-state index contributed by atoms with van der Waals surface area (Å²) < 4.78 is 0. The van der Waals surface area contributed by atoms with Crippen LogP contribution in [0.25, 0.3) is 0 Å². The Balaban J connectivity index is 2.56. The van der Waals surface area contributed by atoms with Gasteiger partial charge in [0, 0.05) is 44.7 Å². The second-order valence-corrected chi connectivity index (χ2v) is 5.62. The summed E-state index contributed by atoms with van der Waals surface area (Å²) in [6.45, 7) is 1.47. The van der Waals surface area contributed by atoms with Crippen molar-refractivity contribution in [2.24, 2.45) is 0 Å². The molecule has 19 heavy (non-hydrogen) atoms. The molecule has 0 fully saturated rings. The largest absolute Gasteiger partial charge is 0.390 e. The first kappa shape index (κ1) is 15.9. The van der Waals surface area contributed by atoms with E-state index in [-0.39, 0.29) is 5.12 Å². The van der Waals surface area contributed by atoms with Gasteiger partial charge in [-0.05, 0) is 6.42 Å². The van der Waals surface area contributed by atoms with E-state index in [0.29, 0.717) is 23.7 Å². The SMILES string of the molecule is CC(=O)SCCC(O)C(O)c1cnc(N(C)C)nc1. The number of rotatable bonds is 6. The van der Waals surface area contributed by atoms with Crippen molar-refractivity contribution in [3.8, 4) is 0 Å². The fourth-order valence-corrected chi connectivity index (χ4v) is 2.07. The molecule has 0 bridgehead atoms. The number of hydrogen-bond acceptors (Lipinski definition) is 7. The Hall–Kier alpha value is -1.18. The normalized spacial score (nSPS) is 13.9. The second-order valence-electron chi connectivity index (χ2n) is 4.35. The van der Waals surface area contributed by atoms with Gasteiger partial charge in [0.25, 0.3) is 0 Å². The highest BCUT2D eigenvalue weighted by molar-refractivity contribution is 8.13. The molecule has 106 valence electrons. The van der Waals surface area contributed by atoms with Crippen LogP contribution in [0.4, 0.5) is 5.95 Å². The van der Waals surface area contributed by atoms with Crippen molar-refractivity contribution in [1.82, 2.24) is 9.97 Å². The zero-order chi connectivity index (χ0) is 14.4. The molecular formula is C12H19N3O3S. The lowest BCUT2D eigenvalue weighted by atomic mass is 10.1. The van der Waals surface area contributed by atoms with Gasteiger partial charge in [0.1, 0.15) is 6.10 Å². The van der Waals surface area contributed by atoms with Crippen LogP contribution in [0.1, 0.15) is 25.0 Å². The zero-order valence-corrected chi connectivity index (χ0v) is 12.1. The van der Waals surface area contributed by atoms with Crippen molar-refractivity contribution in [2.45, 2.75) is 25.6 Å². The van der Waals surface area contributed by atoms with Gasteiger partial charge in [-0.2, -0.15) is 0 Å². The monoisotopic (exact) mass is 285 g/mol. The van der Waals surface area contributed by atoms with E-state index in [1.807, 2.05) is 14.1 Å². The third kappa shape index (κ3) is 5.14. The van der Waals surface area contributed by atoms with Crippen LogP contribution in [-0.4, -0.2) is 51.2 Å². The third-order valence-electron chi connectivity index (χ3n) is 2.48. The molecule has 0 amide bonds. The minimum absolute atomic E-state index is 0.000332. The van der Waals surface area contributed by atoms with Gasteiger partial charge in [-0.25, -0.2) is 9.97 Å². The molecule has 0 radical (unpaired) electrons. The predicted octanol–water partition coefficient (Wildman–Crippen LogP) is 0.607. The molecule has 2 N–H and O–H groups in total. The Bertz CT molecular complexity index is 411. The number of aliphatic hydroxyl groups is 2. The van der Waals surface area contributed by atoms with Gasteiger partial charge in [-0.15, -0.1) is 0 Å². The van der Waals surface area contributed by atoms with Gasteiger partial charge < -0.3 is 15.1 Å². The topological polar surface area (TPSA) is 86.5 Å². The second kappa shape index (κ2) is 7.42. The summed E-state index contributed by atoms with van der Waals surface area (Å²) in [6.07, 6.45) is 1.35. The van der Waals surface area contributed by atoms with Crippen LogP contribution in [0.3, 0.4) is 0 Å². The Morgan fingerprint density at radius 3 is 2.42 bits per heavy atom. The van der Waals surface area contributed by atoms with Crippen molar-refractivity contribution in [3.63, 3.8) is 0 Å². The minimum Gasteiger partial charge on any atom is -0.390 e. The summed E-state index contributed by atoms with van der Waals surface area (Å²) >= 11 is 1.13. The standard InChI is InChI=1S/C12H19N3O3S/c1-8(16)19-5-4-10(17)11(18)9-6-13-12(14-7-9)15(2)3/h6-7,10-11,17-18H,4-5H2,1-3H3. The fourth-order valence-electron chi connectivity index (χ4n) is 1.42. The van der Waals surface area contributed by atoms with E-state index in [4.69, 9.17) is 0 Å². The third-order valence-corrected chi connectivity index (χ3v) is 3.33. The maximum Gasteiger partial charge on any atom is 0.224 e. The zero-order valence-electron chi connectivity index (χ0n) is 11.3. The van der Waals surface area contributed by atoms with Crippen LogP contribution in [0.2, 0.25) is 0 Å². The number of aromatic nitrogens is 2. The van der Waals surface area contributed by atoms with Crippen LogP contribution >= 0.6 is 11.8 Å². The number of carbonyl (C=O) groups is 1. The summed E-state index contributed by atoms with van der Waals surface area (Å²) in [4.78, 5) is 20.7. The van der Waals surface area contributed by atoms with E-state index in [1.54, 1.807) is 4.90 Å². The average Bonchev–Trinajstić information content (AvgIpc) is 2.37. The first-order valence-electron chi connectivity index (χ1n) is 5.90. The molecule has 0 spiro atoms. The van der Waals surface area contributed by atoms with Gasteiger partial charge in [0.2, 0.25) is 5.95 Å². The lowest BCUT2D eigenvalue weighted by molar-refractivity contribution is -0.109. The highest BCUT2D eigenvalue weighted by Gasteiger charge is 2.19. The predicted molar refractivity (Wildman–Crippen MR) is 75.1 cm³/mol. The molecule has 2 atom stereocenters. The van der Waals surface area contributed by atoms with Crippen LogP contribution in [0.15, 0.2) is 12.4 Å². The number of anilines is 1. The molecule has 0 aliphatic heterocycles. The van der Waals surface area contributed by atoms with E-state index in [0.717, 1.165) is 11.8 Å². The first-order chi connectivity index (χ1) is 8.91. The van der Waals surface area contributed by atoms with Crippen molar-refractivity contribution in [1.29, 1.82) is 0 Å². The molecule has 1 aromatic heterocycles. The van der Waals surface area contributed by atoms with Crippen LogP contribution < -0.4 is 4.90 Å². The van der Waals surface area contributed by atoms with Crippen LogP contribution in [0, 0.1) is 0 Å². The van der Waals surface area contributed by atoms with E-state index in [9.17, 15) is 15.0 Å². The van der Waals surface area contributed by atoms with E-state index < -0.39 is 12.2 Å². The molecular weight excluding hydrogens is 266 g/mol. The van der Waals surface area contributed by atoms with Gasteiger partial charge >= 0.3 is 0 Å². The van der Waals surface area contributed by atoms with E-state index >= 15 is 0 Å². The number of aliphatic hydroxyl groups excluding tert-OH is 2. The Morgan fingerprint density at radius 2 is 1.95 bits per heavy atom. The average molecular weight is 285 g/mol. The minimum atomic E-state index is -1.04. The number of hydrogen-bond donors (Lipinski definition) is 2. The highest BCUT2D eigenvalue weighted by atomic mass is 32.2. The molecule has 1 rings (SSSR count).